The van der Waals surface area contributed by atoms with Gasteiger partial charge in [-0.1, -0.05) is 11.6 Å². The normalized spacial score (nSPS) is 10.5. The summed E-state index contributed by atoms with van der Waals surface area (Å²) in [5.74, 6) is -0.501. The highest BCUT2D eigenvalue weighted by Crippen LogP contribution is 2.36. The predicted molar refractivity (Wildman–Crippen MR) is 72.3 cm³/mol. The molecule has 0 unspecified atom stereocenters. The Kier molecular flexibility index (Phi) is 3.96. The topological polar surface area (TPSA) is 83.0 Å². The Labute approximate surface area is 118 Å². The Morgan fingerprint density at radius 3 is 2.84 bits per heavy atom. The molecule has 0 atom stereocenters. The zero-order valence-corrected chi connectivity index (χ0v) is 11.8. The Bertz CT molecular complexity index is 629. The van der Waals surface area contributed by atoms with Crippen molar-refractivity contribution in [1.82, 2.24) is 14.8 Å². The number of anilines is 1. The maximum atomic E-state index is 11.8. The van der Waals surface area contributed by atoms with Crippen LogP contribution in [-0.2, 0) is 11.8 Å². The van der Waals surface area contributed by atoms with Crippen LogP contribution < -0.4 is 5.73 Å². The molecule has 0 bridgehead atoms. The second kappa shape index (κ2) is 5.50. The Morgan fingerprint density at radius 2 is 2.26 bits per heavy atom. The third kappa shape index (κ3) is 2.82. The van der Waals surface area contributed by atoms with Crippen LogP contribution in [0.1, 0.15) is 10.4 Å². The third-order valence-electron chi connectivity index (χ3n) is 2.33. The first-order valence-electron chi connectivity index (χ1n) is 5.22. The van der Waals surface area contributed by atoms with Gasteiger partial charge in [0.2, 0.25) is 0 Å². The first kappa shape index (κ1) is 13.7. The largest absolute Gasteiger partial charge is 0.465 e. The van der Waals surface area contributed by atoms with Crippen molar-refractivity contribution in [2.24, 2.45) is 7.05 Å². The molecular formula is C11H11ClN4O2S. The van der Waals surface area contributed by atoms with Gasteiger partial charge < -0.3 is 15.0 Å². The summed E-state index contributed by atoms with van der Waals surface area (Å²) >= 11 is 7.37. The minimum absolute atomic E-state index is 0.306. The number of halogens is 1. The highest BCUT2D eigenvalue weighted by molar-refractivity contribution is 7.99. The van der Waals surface area contributed by atoms with E-state index in [9.17, 15) is 4.79 Å². The van der Waals surface area contributed by atoms with E-state index in [0.717, 1.165) is 0 Å². The standard InChI is InChI=1S/C11H11ClN4O2S/c1-16-5-14-15-11(16)19-9-7(10(17)18-2)3-6(13)4-8(9)12/h3-5H,13H2,1-2H3. The summed E-state index contributed by atoms with van der Waals surface area (Å²) in [6.07, 6.45) is 1.56. The molecular weight excluding hydrogens is 288 g/mol. The van der Waals surface area contributed by atoms with Crippen molar-refractivity contribution >= 4 is 35.0 Å². The van der Waals surface area contributed by atoms with Crippen LogP contribution in [0.3, 0.4) is 0 Å². The van der Waals surface area contributed by atoms with Gasteiger partial charge in [-0.3, -0.25) is 0 Å². The second-order valence-corrected chi connectivity index (χ2v) is 5.08. The van der Waals surface area contributed by atoms with E-state index in [1.165, 1.54) is 24.9 Å². The van der Waals surface area contributed by atoms with Gasteiger partial charge in [-0.05, 0) is 23.9 Å². The molecule has 6 nitrogen and oxygen atoms in total. The monoisotopic (exact) mass is 298 g/mol. The lowest BCUT2D eigenvalue weighted by atomic mass is 10.2. The first-order valence-corrected chi connectivity index (χ1v) is 6.41. The van der Waals surface area contributed by atoms with Crippen molar-refractivity contribution in [2.75, 3.05) is 12.8 Å². The summed E-state index contributed by atoms with van der Waals surface area (Å²) in [6.45, 7) is 0. The third-order valence-corrected chi connectivity index (χ3v) is 3.94. The number of benzene rings is 1. The summed E-state index contributed by atoms with van der Waals surface area (Å²) in [6, 6.07) is 3.10. The fourth-order valence-corrected chi connectivity index (χ4v) is 2.65. The van der Waals surface area contributed by atoms with Gasteiger partial charge in [0.05, 0.1) is 17.7 Å². The molecule has 1 aromatic heterocycles. The van der Waals surface area contributed by atoms with Crippen molar-refractivity contribution in [3.8, 4) is 0 Å². The van der Waals surface area contributed by atoms with Gasteiger partial charge in [-0.15, -0.1) is 10.2 Å². The summed E-state index contributed by atoms with van der Waals surface area (Å²) in [5, 5.41) is 8.68. The number of hydrogen-bond donors (Lipinski definition) is 1. The molecule has 1 aromatic carbocycles. The molecule has 2 rings (SSSR count). The molecule has 0 spiro atoms. The molecule has 100 valence electrons. The summed E-state index contributed by atoms with van der Waals surface area (Å²) in [7, 11) is 3.10. The molecule has 0 aliphatic heterocycles. The van der Waals surface area contributed by atoms with Crippen LogP contribution in [0.15, 0.2) is 28.5 Å². The number of rotatable bonds is 3. The number of aryl methyl sites for hydroxylation is 1. The van der Waals surface area contributed by atoms with Crippen LogP contribution in [0.4, 0.5) is 5.69 Å². The summed E-state index contributed by atoms with van der Waals surface area (Å²) < 4.78 is 6.45. The van der Waals surface area contributed by atoms with Crippen molar-refractivity contribution in [2.45, 2.75) is 10.1 Å². The molecule has 0 aliphatic rings. The lowest BCUT2D eigenvalue weighted by Gasteiger charge is -2.10. The van der Waals surface area contributed by atoms with Crippen LogP contribution >= 0.6 is 23.4 Å². The number of carbonyl (C=O) groups excluding carboxylic acids is 1. The number of methoxy groups -OCH3 is 1. The SMILES string of the molecule is COC(=O)c1cc(N)cc(Cl)c1Sc1nncn1C. The van der Waals surface area contributed by atoms with E-state index in [2.05, 4.69) is 10.2 Å². The summed E-state index contributed by atoms with van der Waals surface area (Å²) in [4.78, 5) is 12.3. The van der Waals surface area contributed by atoms with E-state index in [1.807, 2.05) is 0 Å². The van der Waals surface area contributed by atoms with Crippen LogP contribution in [0.25, 0.3) is 0 Å². The van der Waals surface area contributed by atoms with E-state index in [0.29, 0.717) is 26.3 Å². The van der Waals surface area contributed by atoms with Gasteiger partial charge in [0.25, 0.3) is 0 Å². The van der Waals surface area contributed by atoms with E-state index in [-0.39, 0.29) is 0 Å². The maximum Gasteiger partial charge on any atom is 0.339 e. The zero-order valence-electron chi connectivity index (χ0n) is 10.3. The predicted octanol–water partition coefficient (Wildman–Crippen LogP) is 1.99. The van der Waals surface area contributed by atoms with Gasteiger partial charge in [0, 0.05) is 17.6 Å². The number of aromatic nitrogens is 3. The van der Waals surface area contributed by atoms with Crippen molar-refractivity contribution < 1.29 is 9.53 Å². The van der Waals surface area contributed by atoms with Crippen molar-refractivity contribution in [3.63, 3.8) is 0 Å². The second-order valence-electron chi connectivity index (χ2n) is 3.70. The molecule has 8 heteroatoms. The fourth-order valence-electron chi connectivity index (χ4n) is 1.44. The van der Waals surface area contributed by atoms with Crippen molar-refractivity contribution in [1.29, 1.82) is 0 Å². The highest BCUT2D eigenvalue weighted by atomic mass is 35.5. The van der Waals surface area contributed by atoms with E-state index in [4.69, 9.17) is 22.1 Å². The van der Waals surface area contributed by atoms with E-state index in [1.54, 1.807) is 24.0 Å². The smallest absolute Gasteiger partial charge is 0.339 e. The van der Waals surface area contributed by atoms with E-state index < -0.39 is 5.97 Å². The quantitative estimate of drug-likeness (QED) is 0.689. The van der Waals surface area contributed by atoms with Crippen LogP contribution in [-0.4, -0.2) is 27.8 Å². The molecule has 0 radical (unpaired) electrons. The molecule has 0 aliphatic carbocycles. The van der Waals surface area contributed by atoms with Gasteiger partial charge in [-0.2, -0.15) is 0 Å². The van der Waals surface area contributed by atoms with Gasteiger partial charge in [0.1, 0.15) is 6.33 Å². The summed E-state index contributed by atoms with van der Waals surface area (Å²) in [5.41, 5.74) is 6.39. The first-order chi connectivity index (χ1) is 9.02. The zero-order chi connectivity index (χ0) is 14.0. The molecule has 2 N–H and O–H groups in total. The number of ether oxygens (including phenoxy) is 1. The highest BCUT2D eigenvalue weighted by Gasteiger charge is 2.19. The molecule has 0 fully saturated rings. The van der Waals surface area contributed by atoms with E-state index >= 15 is 0 Å². The molecule has 2 aromatic rings. The number of carbonyl (C=O) groups is 1. The Morgan fingerprint density at radius 1 is 1.53 bits per heavy atom. The number of nitrogens with zero attached hydrogens (tertiary/aromatic N) is 3. The average Bonchev–Trinajstić information content (AvgIpc) is 2.77. The number of nitrogens with two attached hydrogens (primary N) is 1. The number of nitrogen functional groups attached to an aromatic ring is 1. The fraction of sp³-hybridized carbons (Fsp3) is 0.182. The molecule has 19 heavy (non-hydrogen) atoms. The molecule has 1 heterocycles. The number of esters is 1. The van der Waals surface area contributed by atoms with Crippen LogP contribution in [0.2, 0.25) is 5.02 Å². The van der Waals surface area contributed by atoms with Crippen LogP contribution in [0.5, 0.6) is 0 Å². The Hall–Kier alpha value is -1.73. The van der Waals surface area contributed by atoms with Gasteiger partial charge in [-0.25, -0.2) is 4.79 Å². The molecule has 0 saturated carbocycles. The van der Waals surface area contributed by atoms with Gasteiger partial charge in [0.15, 0.2) is 5.16 Å². The van der Waals surface area contributed by atoms with Gasteiger partial charge >= 0.3 is 5.97 Å². The van der Waals surface area contributed by atoms with Crippen molar-refractivity contribution in [3.05, 3.63) is 29.0 Å². The molecule has 0 saturated heterocycles. The minimum Gasteiger partial charge on any atom is -0.465 e. The van der Waals surface area contributed by atoms with Crippen LogP contribution in [0, 0.1) is 0 Å². The average molecular weight is 299 g/mol. The lowest BCUT2D eigenvalue weighted by molar-refractivity contribution is 0.0597. The molecule has 0 amide bonds. The number of hydrogen-bond acceptors (Lipinski definition) is 6. The minimum atomic E-state index is -0.501. The lowest BCUT2D eigenvalue weighted by Crippen LogP contribution is -2.05. The maximum absolute atomic E-state index is 11.8. The Balaban J connectivity index is 2.49.